The second-order valence-corrected chi connectivity index (χ2v) is 21.0. The summed E-state index contributed by atoms with van der Waals surface area (Å²) >= 11 is 0. The van der Waals surface area contributed by atoms with E-state index in [-0.39, 0.29) is 18.5 Å². The highest BCUT2D eigenvalue weighted by Gasteiger charge is 2.20. The van der Waals surface area contributed by atoms with Crippen LogP contribution in [0.25, 0.3) is 0 Å². The van der Waals surface area contributed by atoms with Gasteiger partial charge in [0.25, 0.3) is 0 Å². The van der Waals surface area contributed by atoms with Crippen molar-refractivity contribution in [3.8, 4) is 0 Å². The molecule has 0 aliphatic rings. The van der Waals surface area contributed by atoms with E-state index in [1.54, 1.807) is 0 Å². The van der Waals surface area contributed by atoms with Gasteiger partial charge in [0, 0.05) is 12.8 Å². The van der Waals surface area contributed by atoms with Gasteiger partial charge in [-0.3, -0.25) is 9.59 Å². The summed E-state index contributed by atoms with van der Waals surface area (Å²) in [5.41, 5.74) is 0. The molecule has 2 unspecified atom stereocenters. The molecule has 0 rings (SSSR count). The Balaban J connectivity index is 3.43. The lowest BCUT2D eigenvalue weighted by molar-refractivity contribution is -0.143. The van der Waals surface area contributed by atoms with Crippen LogP contribution in [0.15, 0.2) is 12.2 Å². The van der Waals surface area contributed by atoms with Gasteiger partial charge in [-0.2, -0.15) is 0 Å². The van der Waals surface area contributed by atoms with E-state index in [2.05, 4.69) is 31.3 Å². The minimum absolute atomic E-state index is 0.0103. The van der Waals surface area contributed by atoms with Gasteiger partial charge < -0.3 is 20.3 Å². The van der Waals surface area contributed by atoms with Gasteiger partial charge in [0.05, 0.1) is 25.4 Å². The average molecular weight is 947 g/mol. The molecule has 6 heteroatoms. The van der Waals surface area contributed by atoms with Crippen molar-refractivity contribution in [2.45, 2.75) is 353 Å². The SMILES string of the molecule is CCCCCC/C=C\CCCCCCCC(=O)OCCCCCCCCCCCCCCCCC(=O)NC(CO)C(O)CCCCCCCCCCCCCCCCCCCCCCCCC. The summed E-state index contributed by atoms with van der Waals surface area (Å²) < 4.78 is 5.46. The zero-order valence-electron chi connectivity index (χ0n) is 45.4. The van der Waals surface area contributed by atoms with E-state index in [4.69, 9.17) is 4.74 Å². The number of aliphatic hydroxyl groups excluding tert-OH is 2. The first-order valence-electron chi connectivity index (χ1n) is 30.4. The average Bonchev–Trinajstić information content (AvgIpc) is 3.33. The van der Waals surface area contributed by atoms with Gasteiger partial charge in [-0.25, -0.2) is 0 Å². The molecule has 0 aromatic rings. The van der Waals surface area contributed by atoms with Crippen molar-refractivity contribution in [2.75, 3.05) is 13.2 Å². The number of ether oxygens (including phenoxy) is 1. The van der Waals surface area contributed by atoms with Crippen LogP contribution in [0, 0.1) is 0 Å². The van der Waals surface area contributed by atoms with Gasteiger partial charge in [0.1, 0.15) is 0 Å². The van der Waals surface area contributed by atoms with Gasteiger partial charge in [-0.1, -0.05) is 289 Å². The van der Waals surface area contributed by atoms with Crippen molar-refractivity contribution in [1.29, 1.82) is 0 Å². The van der Waals surface area contributed by atoms with Gasteiger partial charge in [0.15, 0.2) is 0 Å². The van der Waals surface area contributed by atoms with E-state index in [1.807, 2.05) is 0 Å². The van der Waals surface area contributed by atoms with Crippen LogP contribution in [-0.2, 0) is 14.3 Å². The Bertz CT molecular complexity index is 1000. The van der Waals surface area contributed by atoms with Crippen LogP contribution < -0.4 is 5.32 Å². The molecule has 6 nitrogen and oxygen atoms in total. The maximum absolute atomic E-state index is 12.5. The molecular weight excluding hydrogens is 827 g/mol. The van der Waals surface area contributed by atoms with Crippen LogP contribution in [0.3, 0.4) is 0 Å². The summed E-state index contributed by atoms with van der Waals surface area (Å²) in [5.74, 6) is -0.0521. The fourth-order valence-electron chi connectivity index (χ4n) is 9.64. The Kier molecular flexibility index (Phi) is 56.0. The summed E-state index contributed by atoms with van der Waals surface area (Å²) in [6, 6.07) is -0.550. The lowest BCUT2D eigenvalue weighted by Gasteiger charge is -2.22. The Morgan fingerprint density at radius 1 is 0.403 bits per heavy atom. The molecule has 0 aliphatic heterocycles. The molecule has 398 valence electrons. The molecule has 0 aromatic heterocycles. The number of hydrogen-bond acceptors (Lipinski definition) is 5. The maximum Gasteiger partial charge on any atom is 0.305 e. The largest absolute Gasteiger partial charge is 0.466 e. The van der Waals surface area contributed by atoms with E-state index in [0.29, 0.717) is 25.9 Å². The molecule has 3 N–H and O–H groups in total. The van der Waals surface area contributed by atoms with Gasteiger partial charge in [-0.05, 0) is 51.4 Å². The van der Waals surface area contributed by atoms with Crippen molar-refractivity contribution in [3.63, 3.8) is 0 Å². The Labute approximate surface area is 419 Å². The molecule has 0 aromatic carbocycles. The van der Waals surface area contributed by atoms with E-state index >= 15 is 0 Å². The number of carbonyl (C=O) groups is 2. The van der Waals surface area contributed by atoms with E-state index in [1.165, 1.54) is 257 Å². The molecule has 0 heterocycles. The summed E-state index contributed by atoms with van der Waals surface area (Å²) in [5, 5.41) is 23.4. The Hall–Kier alpha value is -1.40. The first kappa shape index (κ1) is 65.6. The third-order valence-corrected chi connectivity index (χ3v) is 14.3. The highest BCUT2D eigenvalue weighted by atomic mass is 16.5. The number of aliphatic hydroxyl groups is 2. The highest BCUT2D eigenvalue weighted by molar-refractivity contribution is 5.76. The van der Waals surface area contributed by atoms with Crippen LogP contribution in [0.2, 0.25) is 0 Å². The van der Waals surface area contributed by atoms with Crippen molar-refractivity contribution < 1.29 is 24.5 Å². The standard InChI is InChI=1S/C61H119NO5/c1-3-5-7-9-11-13-15-17-18-19-20-21-22-23-24-25-26-30-33-37-41-45-49-53-59(64)58(57-63)62-60(65)54-50-46-42-38-34-31-27-28-32-36-40-44-48-52-56-67-61(66)55-51-47-43-39-35-29-16-14-12-10-8-6-4-2/h14,16,58-59,63-64H,3-13,15,17-57H2,1-2H3,(H,62,65)/b16-14-. The van der Waals surface area contributed by atoms with Crippen molar-refractivity contribution in [2.24, 2.45) is 0 Å². The number of nitrogens with one attached hydrogen (secondary N) is 1. The Morgan fingerprint density at radius 2 is 0.701 bits per heavy atom. The molecule has 67 heavy (non-hydrogen) atoms. The molecule has 0 bridgehead atoms. The van der Waals surface area contributed by atoms with Crippen molar-refractivity contribution in [1.82, 2.24) is 5.32 Å². The number of amides is 1. The van der Waals surface area contributed by atoms with Crippen LogP contribution in [0.5, 0.6) is 0 Å². The van der Waals surface area contributed by atoms with Crippen LogP contribution in [0.4, 0.5) is 0 Å². The zero-order chi connectivity index (χ0) is 48.6. The first-order chi connectivity index (χ1) is 33.0. The predicted molar refractivity (Wildman–Crippen MR) is 292 cm³/mol. The molecule has 2 atom stereocenters. The molecule has 0 spiro atoms. The molecule has 0 saturated heterocycles. The third-order valence-electron chi connectivity index (χ3n) is 14.3. The van der Waals surface area contributed by atoms with Crippen LogP contribution in [-0.4, -0.2) is 47.4 Å². The third kappa shape index (κ3) is 53.8. The molecule has 1 amide bonds. The van der Waals surface area contributed by atoms with Gasteiger partial charge in [0.2, 0.25) is 5.91 Å². The van der Waals surface area contributed by atoms with Crippen LogP contribution in [0.1, 0.15) is 341 Å². The molecule has 0 saturated carbocycles. The van der Waals surface area contributed by atoms with E-state index < -0.39 is 12.1 Å². The lowest BCUT2D eigenvalue weighted by atomic mass is 10.0. The summed E-state index contributed by atoms with van der Waals surface area (Å²) in [6.07, 6.45) is 67.8. The zero-order valence-corrected chi connectivity index (χ0v) is 45.4. The first-order valence-corrected chi connectivity index (χ1v) is 30.4. The quantitative estimate of drug-likeness (QED) is 0.0321. The van der Waals surface area contributed by atoms with Crippen molar-refractivity contribution >= 4 is 11.9 Å². The number of allylic oxidation sites excluding steroid dienone is 2. The van der Waals surface area contributed by atoms with E-state index in [9.17, 15) is 19.8 Å². The van der Waals surface area contributed by atoms with Crippen molar-refractivity contribution in [3.05, 3.63) is 12.2 Å². The van der Waals surface area contributed by atoms with E-state index in [0.717, 1.165) is 51.4 Å². The minimum atomic E-state index is -0.672. The minimum Gasteiger partial charge on any atom is -0.466 e. The smallest absolute Gasteiger partial charge is 0.305 e. The summed E-state index contributed by atoms with van der Waals surface area (Å²) in [6.45, 7) is 4.94. The normalized spacial score (nSPS) is 12.6. The lowest BCUT2D eigenvalue weighted by Crippen LogP contribution is -2.45. The topological polar surface area (TPSA) is 95.9 Å². The summed E-state index contributed by atoms with van der Waals surface area (Å²) in [7, 11) is 0. The highest BCUT2D eigenvalue weighted by Crippen LogP contribution is 2.18. The number of carbonyl (C=O) groups excluding carboxylic acids is 2. The second kappa shape index (κ2) is 57.2. The number of hydrogen-bond donors (Lipinski definition) is 3. The fourth-order valence-corrected chi connectivity index (χ4v) is 9.64. The maximum atomic E-state index is 12.5. The molecular formula is C61H119NO5. The second-order valence-electron chi connectivity index (χ2n) is 21.0. The molecule has 0 fully saturated rings. The monoisotopic (exact) mass is 946 g/mol. The number of esters is 1. The van der Waals surface area contributed by atoms with Crippen LogP contribution >= 0.6 is 0 Å². The van der Waals surface area contributed by atoms with Gasteiger partial charge >= 0.3 is 5.97 Å². The molecule has 0 aliphatic carbocycles. The molecule has 0 radical (unpaired) electrons. The van der Waals surface area contributed by atoms with Gasteiger partial charge in [-0.15, -0.1) is 0 Å². The predicted octanol–water partition coefficient (Wildman–Crippen LogP) is 18.9. The number of unbranched alkanes of at least 4 members (excludes halogenated alkanes) is 44. The summed E-state index contributed by atoms with van der Waals surface area (Å²) in [4.78, 5) is 24.5. The Morgan fingerprint density at radius 3 is 1.07 bits per heavy atom. The fraction of sp³-hybridized carbons (Fsp3) is 0.934. The number of rotatable bonds is 57.